The summed E-state index contributed by atoms with van der Waals surface area (Å²) >= 11 is 5.98. The van der Waals surface area contributed by atoms with Crippen LogP contribution in [0.4, 0.5) is 0 Å². The SMILES string of the molecule is Cc1ccc2cc(/C=N\N)c(Cl)nc2c1. The maximum Gasteiger partial charge on any atom is 0.138 e. The number of pyridine rings is 1. The summed E-state index contributed by atoms with van der Waals surface area (Å²) in [7, 11) is 0. The van der Waals surface area contributed by atoms with Crippen molar-refractivity contribution in [2.24, 2.45) is 10.9 Å². The molecule has 0 amide bonds. The third-order valence-corrected chi connectivity index (χ3v) is 2.47. The molecule has 1 aromatic carbocycles. The van der Waals surface area contributed by atoms with E-state index in [0.717, 1.165) is 22.0 Å². The summed E-state index contributed by atoms with van der Waals surface area (Å²) in [5.74, 6) is 5.08. The molecule has 0 saturated heterocycles. The maximum absolute atomic E-state index is 5.98. The van der Waals surface area contributed by atoms with Crippen LogP contribution in [0.2, 0.25) is 5.15 Å². The highest BCUT2D eigenvalue weighted by Gasteiger charge is 2.02. The zero-order valence-electron chi connectivity index (χ0n) is 8.24. The largest absolute Gasteiger partial charge is 0.323 e. The van der Waals surface area contributed by atoms with Crippen molar-refractivity contribution >= 4 is 28.7 Å². The Hall–Kier alpha value is -1.61. The van der Waals surface area contributed by atoms with E-state index in [4.69, 9.17) is 17.4 Å². The van der Waals surface area contributed by atoms with Crippen LogP contribution >= 0.6 is 11.6 Å². The van der Waals surface area contributed by atoms with Gasteiger partial charge in [0.2, 0.25) is 0 Å². The van der Waals surface area contributed by atoms with E-state index in [1.54, 1.807) is 0 Å². The number of fused-ring (bicyclic) bond motifs is 1. The molecule has 0 unspecified atom stereocenters. The fraction of sp³-hybridized carbons (Fsp3) is 0.0909. The highest BCUT2D eigenvalue weighted by molar-refractivity contribution is 6.32. The minimum Gasteiger partial charge on any atom is -0.323 e. The van der Waals surface area contributed by atoms with Crippen LogP contribution in [-0.2, 0) is 0 Å². The molecule has 0 atom stereocenters. The Morgan fingerprint density at radius 1 is 1.40 bits per heavy atom. The molecule has 0 saturated carbocycles. The molecule has 0 aliphatic heterocycles. The predicted molar refractivity (Wildman–Crippen MR) is 63.3 cm³/mol. The van der Waals surface area contributed by atoms with Gasteiger partial charge in [-0.1, -0.05) is 23.7 Å². The second-order valence-electron chi connectivity index (χ2n) is 3.34. The van der Waals surface area contributed by atoms with Crippen LogP contribution in [0.25, 0.3) is 10.9 Å². The van der Waals surface area contributed by atoms with Gasteiger partial charge in [-0.2, -0.15) is 5.10 Å². The van der Waals surface area contributed by atoms with E-state index in [9.17, 15) is 0 Å². The lowest BCUT2D eigenvalue weighted by atomic mass is 10.1. The number of aryl methyl sites for hydroxylation is 1. The van der Waals surface area contributed by atoms with Gasteiger partial charge in [0.15, 0.2) is 0 Å². The molecule has 0 fully saturated rings. The molecule has 15 heavy (non-hydrogen) atoms. The van der Waals surface area contributed by atoms with Gasteiger partial charge in [-0.25, -0.2) is 4.98 Å². The Labute approximate surface area is 92.6 Å². The first-order chi connectivity index (χ1) is 7.20. The molecule has 0 spiro atoms. The second-order valence-corrected chi connectivity index (χ2v) is 3.70. The smallest absolute Gasteiger partial charge is 0.138 e. The van der Waals surface area contributed by atoms with Crippen LogP contribution in [0.5, 0.6) is 0 Å². The highest BCUT2D eigenvalue weighted by atomic mass is 35.5. The lowest BCUT2D eigenvalue weighted by molar-refractivity contribution is 1.26. The van der Waals surface area contributed by atoms with Crippen molar-refractivity contribution in [3.05, 3.63) is 40.5 Å². The zero-order chi connectivity index (χ0) is 10.8. The summed E-state index contributed by atoms with van der Waals surface area (Å²) in [4.78, 5) is 4.27. The van der Waals surface area contributed by atoms with Crippen molar-refractivity contribution in [2.75, 3.05) is 0 Å². The van der Waals surface area contributed by atoms with Crippen LogP contribution in [0.15, 0.2) is 29.4 Å². The molecule has 0 aliphatic rings. The molecule has 76 valence electrons. The third-order valence-electron chi connectivity index (χ3n) is 2.17. The Morgan fingerprint density at radius 2 is 2.20 bits per heavy atom. The highest BCUT2D eigenvalue weighted by Crippen LogP contribution is 2.20. The summed E-state index contributed by atoms with van der Waals surface area (Å²) in [6.45, 7) is 2.02. The van der Waals surface area contributed by atoms with Crippen LogP contribution in [0.3, 0.4) is 0 Å². The van der Waals surface area contributed by atoms with Crippen molar-refractivity contribution in [3.63, 3.8) is 0 Å². The number of hydrazone groups is 1. The molecule has 3 nitrogen and oxygen atoms in total. The molecule has 0 aliphatic carbocycles. The van der Waals surface area contributed by atoms with Gasteiger partial charge in [0.05, 0.1) is 11.7 Å². The number of halogens is 1. The van der Waals surface area contributed by atoms with Gasteiger partial charge in [-0.3, -0.25) is 0 Å². The van der Waals surface area contributed by atoms with Crippen LogP contribution in [0, 0.1) is 6.92 Å². The van der Waals surface area contributed by atoms with Crippen molar-refractivity contribution in [3.8, 4) is 0 Å². The fourth-order valence-corrected chi connectivity index (χ4v) is 1.64. The van der Waals surface area contributed by atoms with Gasteiger partial charge < -0.3 is 5.84 Å². The average Bonchev–Trinajstić information content (AvgIpc) is 2.20. The zero-order valence-corrected chi connectivity index (χ0v) is 8.99. The van der Waals surface area contributed by atoms with Gasteiger partial charge in [-0.05, 0) is 24.6 Å². The minimum atomic E-state index is 0.419. The van der Waals surface area contributed by atoms with Crippen LogP contribution in [0.1, 0.15) is 11.1 Å². The number of nitrogens with two attached hydrogens (primary N) is 1. The fourth-order valence-electron chi connectivity index (χ4n) is 1.44. The van der Waals surface area contributed by atoms with Crippen molar-refractivity contribution in [1.82, 2.24) is 4.98 Å². The van der Waals surface area contributed by atoms with Crippen LogP contribution in [-0.4, -0.2) is 11.2 Å². The lowest BCUT2D eigenvalue weighted by Gasteiger charge is -2.02. The van der Waals surface area contributed by atoms with E-state index in [1.807, 2.05) is 31.2 Å². The van der Waals surface area contributed by atoms with Gasteiger partial charge in [0.25, 0.3) is 0 Å². The quantitative estimate of drug-likeness (QED) is 0.347. The summed E-state index contributed by atoms with van der Waals surface area (Å²) < 4.78 is 0. The standard InChI is InChI=1S/C11H10ClN3/c1-7-2-3-8-5-9(6-14-13)11(12)15-10(8)4-7/h2-6H,13H2,1H3/b14-6-. The number of hydrogen-bond donors (Lipinski definition) is 1. The third kappa shape index (κ3) is 1.92. The second kappa shape index (κ2) is 3.87. The monoisotopic (exact) mass is 219 g/mol. The molecular formula is C11H10ClN3. The van der Waals surface area contributed by atoms with Crippen molar-refractivity contribution < 1.29 is 0 Å². The van der Waals surface area contributed by atoms with E-state index in [1.165, 1.54) is 6.21 Å². The summed E-state index contributed by atoms with van der Waals surface area (Å²) in [6.07, 6.45) is 1.49. The molecule has 0 radical (unpaired) electrons. The van der Waals surface area contributed by atoms with Gasteiger partial charge >= 0.3 is 0 Å². The molecule has 1 heterocycles. The van der Waals surface area contributed by atoms with Gasteiger partial charge in [-0.15, -0.1) is 0 Å². The molecule has 4 heteroatoms. The first kappa shape index (κ1) is 9.93. The summed E-state index contributed by atoms with van der Waals surface area (Å²) in [5, 5.41) is 4.89. The van der Waals surface area contributed by atoms with Gasteiger partial charge in [0.1, 0.15) is 5.15 Å². The molecule has 1 aromatic heterocycles. The van der Waals surface area contributed by atoms with Gasteiger partial charge in [0, 0.05) is 10.9 Å². The molecule has 0 bridgehead atoms. The molecule has 2 N–H and O–H groups in total. The first-order valence-electron chi connectivity index (χ1n) is 4.51. The Kier molecular flexibility index (Phi) is 2.56. The lowest BCUT2D eigenvalue weighted by Crippen LogP contribution is -1.91. The average molecular weight is 220 g/mol. The number of hydrogen-bond acceptors (Lipinski definition) is 3. The number of nitrogens with zero attached hydrogens (tertiary/aromatic N) is 2. The van der Waals surface area contributed by atoms with Crippen LogP contribution < -0.4 is 5.84 Å². The Morgan fingerprint density at radius 3 is 2.93 bits per heavy atom. The Bertz CT molecular complexity index is 535. The number of rotatable bonds is 1. The van der Waals surface area contributed by atoms with E-state index >= 15 is 0 Å². The first-order valence-corrected chi connectivity index (χ1v) is 4.88. The number of benzene rings is 1. The number of aromatic nitrogens is 1. The topological polar surface area (TPSA) is 51.3 Å². The Balaban J connectivity index is 2.70. The normalized spacial score (nSPS) is 11.3. The van der Waals surface area contributed by atoms with Crippen molar-refractivity contribution in [1.29, 1.82) is 0 Å². The summed E-state index contributed by atoms with van der Waals surface area (Å²) in [5.41, 5.74) is 2.77. The molecular weight excluding hydrogens is 210 g/mol. The predicted octanol–water partition coefficient (Wildman–Crippen LogP) is 2.49. The van der Waals surface area contributed by atoms with E-state index in [2.05, 4.69) is 10.1 Å². The molecule has 2 rings (SSSR count). The minimum absolute atomic E-state index is 0.419. The maximum atomic E-state index is 5.98. The summed E-state index contributed by atoms with van der Waals surface area (Å²) in [6, 6.07) is 7.94. The van der Waals surface area contributed by atoms with Crippen molar-refractivity contribution in [2.45, 2.75) is 6.92 Å². The van der Waals surface area contributed by atoms with E-state index in [-0.39, 0.29) is 0 Å². The van der Waals surface area contributed by atoms with E-state index < -0.39 is 0 Å². The van der Waals surface area contributed by atoms with E-state index in [0.29, 0.717) is 5.15 Å². The molecule has 2 aromatic rings.